The Morgan fingerprint density at radius 3 is 2.94 bits per heavy atom. The van der Waals surface area contributed by atoms with Gasteiger partial charge in [-0.1, -0.05) is 19.9 Å². The van der Waals surface area contributed by atoms with Crippen LogP contribution in [0.3, 0.4) is 0 Å². The van der Waals surface area contributed by atoms with Crippen LogP contribution >= 0.6 is 0 Å². The Balaban J connectivity index is 2.23. The van der Waals surface area contributed by atoms with Crippen LogP contribution < -0.4 is 5.32 Å². The number of nitrogens with zero attached hydrogens (tertiary/aromatic N) is 2. The summed E-state index contributed by atoms with van der Waals surface area (Å²) in [5.74, 6) is 1.14. The van der Waals surface area contributed by atoms with Crippen LogP contribution in [0.5, 0.6) is 0 Å². The highest BCUT2D eigenvalue weighted by Gasteiger charge is 2.31. The second kappa shape index (κ2) is 5.38. The number of nitrogens with one attached hydrogen (secondary N) is 1. The van der Waals surface area contributed by atoms with Gasteiger partial charge in [-0.3, -0.25) is 4.79 Å². The van der Waals surface area contributed by atoms with E-state index in [9.17, 15) is 4.79 Å². The molecule has 1 aromatic heterocycles. The minimum Gasteiger partial charge on any atom is -0.373 e. The number of hydrogen-bond acceptors (Lipinski definition) is 3. The molecule has 0 aromatic carbocycles. The van der Waals surface area contributed by atoms with E-state index in [2.05, 4.69) is 10.3 Å². The Kier molecular flexibility index (Phi) is 3.84. The van der Waals surface area contributed by atoms with Crippen LogP contribution in [0.25, 0.3) is 0 Å². The molecule has 1 atom stereocenters. The number of carbonyl (C=O) groups excluding carboxylic acids is 1. The van der Waals surface area contributed by atoms with Crippen molar-refractivity contribution in [2.24, 2.45) is 5.92 Å². The monoisotopic (exact) mass is 247 g/mol. The number of anilines is 1. The van der Waals surface area contributed by atoms with Crippen molar-refractivity contribution in [2.75, 3.05) is 18.9 Å². The van der Waals surface area contributed by atoms with Crippen molar-refractivity contribution in [1.82, 2.24) is 9.88 Å². The van der Waals surface area contributed by atoms with Crippen LogP contribution in [0.4, 0.5) is 5.82 Å². The van der Waals surface area contributed by atoms with E-state index >= 15 is 0 Å². The van der Waals surface area contributed by atoms with Crippen LogP contribution in [0.2, 0.25) is 0 Å². The van der Waals surface area contributed by atoms with E-state index in [-0.39, 0.29) is 17.9 Å². The van der Waals surface area contributed by atoms with Crippen molar-refractivity contribution < 1.29 is 4.79 Å². The summed E-state index contributed by atoms with van der Waals surface area (Å²) in [6.45, 7) is 4.76. The van der Waals surface area contributed by atoms with Gasteiger partial charge >= 0.3 is 0 Å². The lowest BCUT2D eigenvalue weighted by molar-refractivity contribution is -0.135. The van der Waals surface area contributed by atoms with E-state index in [0.29, 0.717) is 0 Å². The van der Waals surface area contributed by atoms with Gasteiger partial charge in [0.1, 0.15) is 5.82 Å². The van der Waals surface area contributed by atoms with Crippen molar-refractivity contribution in [3.63, 3.8) is 0 Å². The van der Waals surface area contributed by atoms with Gasteiger partial charge in [0.25, 0.3) is 0 Å². The number of pyridine rings is 1. The zero-order chi connectivity index (χ0) is 13.1. The zero-order valence-corrected chi connectivity index (χ0v) is 11.3. The van der Waals surface area contributed by atoms with Crippen molar-refractivity contribution in [2.45, 2.75) is 32.7 Å². The van der Waals surface area contributed by atoms with Gasteiger partial charge in [-0.05, 0) is 25.0 Å². The molecular weight excluding hydrogens is 226 g/mol. The molecule has 4 nitrogen and oxygen atoms in total. The molecule has 2 heterocycles. The number of aromatic nitrogens is 1. The lowest BCUT2D eigenvalue weighted by Crippen LogP contribution is -2.34. The minimum absolute atomic E-state index is 0.0538. The summed E-state index contributed by atoms with van der Waals surface area (Å²) < 4.78 is 0. The first kappa shape index (κ1) is 12.9. The van der Waals surface area contributed by atoms with E-state index in [1.165, 1.54) is 0 Å². The summed E-state index contributed by atoms with van der Waals surface area (Å²) >= 11 is 0. The van der Waals surface area contributed by atoms with Crippen molar-refractivity contribution >= 4 is 11.7 Å². The van der Waals surface area contributed by atoms with Gasteiger partial charge in [0, 0.05) is 19.5 Å². The van der Waals surface area contributed by atoms with Gasteiger partial charge in [-0.25, -0.2) is 4.98 Å². The molecule has 1 amide bonds. The predicted molar refractivity (Wildman–Crippen MR) is 72.3 cm³/mol. The molecule has 1 saturated heterocycles. The van der Waals surface area contributed by atoms with E-state index < -0.39 is 0 Å². The Morgan fingerprint density at radius 2 is 2.28 bits per heavy atom. The molecule has 0 unspecified atom stereocenters. The molecule has 0 spiro atoms. The van der Waals surface area contributed by atoms with Crippen LogP contribution in [0, 0.1) is 5.92 Å². The molecule has 18 heavy (non-hydrogen) atoms. The molecule has 1 aliphatic heterocycles. The maximum atomic E-state index is 12.2. The quantitative estimate of drug-likeness (QED) is 0.892. The van der Waals surface area contributed by atoms with Gasteiger partial charge in [-0.15, -0.1) is 0 Å². The fourth-order valence-corrected chi connectivity index (χ4v) is 2.45. The lowest BCUT2D eigenvalue weighted by atomic mass is 10.1. The molecule has 0 saturated carbocycles. The molecule has 0 bridgehead atoms. The van der Waals surface area contributed by atoms with Crippen molar-refractivity contribution in [3.05, 3.63) is 23.9 Å². The van der Waals surface area contributed by atoms with Gasteiger partial charge in [0.2, 0.25) is 5.91 Å². The Morgan fingerprint density at radius 1 is 1.50 bits per heavy atom. The third-order valence-electron chi connectivity index (χ3n) is 3.40. The molecule has 1 fully saturated rings. The zero-order valence-electron chi connectivity index (χ0n) is 11.3. The predicted octanol–water partition coefficient (Wildman–Crippen LogP) is 2.44. The third-order valence-corrected chi connectivity index (χ3v) is 3.40. The largest absolute Gasteiger partial charge is 0.373 e. The first-order valence-corrected chi connectivity index (χ1v) is 6.58. The van der Waals surface area contributed by atoms with Gasteiger partial charge < -0.3 is 10.2 Å². The standard InChI is InChI=1S/C14H21N3O/c1-10(2)14(18)17-9-5-7-12(17)11-6-4-8-13(15-3)16-11/h4,6,8,10,12H,5,7,9H2,1-3H3,(H,15,16)/t12-/m1/s1. The molecule has 1 N–H and O–H groups in total. The number of hydrogen-bond donors (Lipinski definition) is 1. The highest BCUT2D eigenvalue weighted by Crippen LogP contribution is 2.32. The topological polar surface area (TPSA) is 45.2 Å². The molecule has 1 aromatic rings. The fourth-order valence-electron chi connectivity index (χ4n) is 2.45. The van der Waals surface area contributed by atoms with Crippen LogP contribution in [0.15, 0.2) is 18.2 Å². The summed E-state index contributed by atoms with van der Waals surface area (Å²) in [6.07, 6.45) is 2.08. The molecule has 0 radical (unpaired) electrons. The third kappa shape index (κ3) is 2.47. The summed E-state index contributed by atoms with van der Waals surface area (Å²) in [4.78, 5) is 18.7. The summed E-state index contributed by atoms with van der Waals surface area (Å²) in [6, 6.07) is 6.09. The van der Waals surface area contributed by atoms with Gasteiger partial charge in [0.05, 0.1) is 11.7 Å². The van der Waals surface area contributed by atoms with Gasteiger partial charge in [-0.2, -0.15) is 0 Å². The Hall–Kier alpha value is -1.58. The average molecular weight is 247 g/mol. The van der Waals surface area contributed by atoms with Crippen molar-refractivity contribution in [1.29, 1.82) is 0 Å². The lowest BCUT2D eigenvalue weighted by Gasteiger charge is -2.26. The normalized spacial score (nSPS) is 19.3. The van der Waals surface area contributed by atoms with E-state index in [1.54, 1.807) is 0 Å². The number of likely N-dealkylation sites (tertiary alicyclic amines) is 1. The molecule has 98 valence electrons. The summed E-state index contributed by atoms with van der Waals surface area (Å²) in [5.41, 5.74) is 0.994. The van der Waals surface area contributed by atoms with Gasteiger partial charge in [0.15, 0.2) is 0 Å². The summed E-state index contributed by atoms with van der Waals surface area (Å²) in [5, 5.41) is 3.04. The smallest absolute Gasteiger partial charge is 0.225 e. The first-order valence-electron chi connectivity index (χ1n) is 6.58. The van der Waals surface area contributed by atoms with E-state index in [0.717, 1.165) is 30.9 Å². The second-order valence-corrected chi connectivity index (χ2v) is 5.04. The molecular formula is C14H21N3O. The van der Waals surface area contributed by atoms with Crippen LogP contribution in [-0.2, 0) is 4.79 Å². The Bertz CT molecular complexity index is 431. The number of rotatable bonds is 3. The fraction of sp³-hybridized carbons (Fsp3) is 0.571. The Labute approximate surface area is 108 Å². The number of amides is 1. The SMILES string of the molecule is CNc1cccc([C@H]2CCCN2C(=O)C(C)C)n1. The maximum absolute atomic E-state index is 12.2. The van der Waals surface area contributed by atoms with Crippen LogP contribution in [-0.4, -0.2) is 29.4 Å². The molecule has 1 aliphatic rings. The molecule has 2 rings (SSSR count). The summed E-state index contributed by atoms with van der Waals surface area (Å²) in [7, 11) is 1.86. The average Bonchev–Trinajstić information content (AvgIpc) is 2.86. The minimum atomic E-state index is 0.0538. The highest BCUT2D eigenvalue weighted by molar-refractivity contribution is 5.78. The first-order chi connectivity index (χ1) is 8.63. The van der Waals surface area contributed by atoms with E-state index in [1.807, 2.05) is 44.0 Å². The van der Waals surface area contributed by atoms with E-state index in [4.69, 9.17) is 0 Å². The molecule has 4 heteroatoms. The highest BCUT2D eigenvalue weighted by atomic mass is 16.2. The van der Waals surface area contributed by atoms with Crippen LogP contribution in [0.1, 0.15) is 38.4 Å². The number of carbonyl (C=O) groups is 1. The molecule has 0 aliphatic carbocycles. The van der Waals surface area contributed by atoms with Crippen molar-refractivity contribution in [3.8, 4) is 0 Å². The maximum Gasteiger partial charge on any atom is 0.225 e. The second-order valence-electron chi connectivity index (χ2n) is 5.04.